The quantitative estimate of drug-likeness (QED) is 0.517. The lowest BCUT2D eigenvalue weighted by Crippen LogP contribution is -2.44. The van der Waals surface area contributed by atoms with Crippen LogP contribution in [0, 0.1) is 0 Å². The lowest BCUT2D eigenvalue weighted by atomic mass is 10.2. The molecule has 0 aliphatic rings. The summed E-state index contributed by atoms with van der Waals surface area (Å²) in [6, 6.07) is 0. The molecule has 0 amide bonds. The van der Waals surface area contributed by atoms with Crippen LogP contribution in [0.25, 0.3) is 0 Å². The first-order valence-corrected chi connectivity index (χ1v) is 7.78. The minimum Gasteiger partial charge on any atom is -0.407 e. The van der Waals surface area contributed by atoms with Crippen LogP contribution in [0.1, 0.15) is 34.1 Å². The molecule has 0 aromatic rings. The van der Waals surface area contributed by atoms with Crippen LogP contribution < -0.4 is 0 Å². The van der Waals surface area contributed by atoms with Crippen molar-refractivity contribution < 1.29 is 9.22 Å². The molecule has 0 N–H and O–H groups in total. The van der Waals surface area contributed by atoms with Crippen LogP contribution in [0.15, 0.2) is 0 Å². The van der Waals surface area contributed by atoms with Gasteiger partial charge in [0.15, 0.2) is 8.32 Å². The van der Waals surface area contributed by atoms with E-state index in [1.165, 1.54) is 0 Å². The van der Waals surface area contributed by atoms with Crippen LogP contribution >= 0.6 is 0 Å². The molecular weight excluding hydrogens is 180 g/mol. The third-order valence-corrected chi connectivity index (χ3v) is 7.31. The SMILES string of the molecule is CC[C@H](C=O)O[Si](C)(C)C(C)(C)C. The summed E-state index contributed by atoms with van der Waals surface area (Å²) in [6.07, 6.45) is 1.48. The largest absolute Gasteiger partial charge is 0.407 e. The standard InChI is InChI=1S/C10H22O2Si/c1-7-9(8-11)12-13(5,6)10(2,3)4/h8-9H,7H2,1-6H3/t9-/m1/s1. The lowest BCUT2D eigenvalue weighted by Gasteiger charge is -2.37. The van der Waals surface area contributed by atoms with Crippen molar-refractivity contribution in [3.8, 4) is 0 Å². The summed E-state index contributed by atoms with van der Waals surface area (Å²) in [4.78, 5) is 10.6. The third-order valence-electron chi connectivity index (χ3n) is 2.81. The Labute approximate surface area is 82.8 Å². The fourth-order valence-electron chi connectivity index (χ4n) is 0.763. The molecule has 0 aromatic carbocycles. The van der Waals surface area contributed by atoms with Gasteiger partial charge in [-0.1, -0.05) is 27.7 Å². The van der Waals surface area contributed by atoms with Gasteiger partial charge in [0, 0.05) is 0 Å². The Hall–Kier alpha value is -0.153. The Bertz CT molecular complexity index is 170. The normalized spacial score (nSPS) is 15.5. The summed E-state index contributed by atoms with van der Waals surface area (Å²) < 4.78 is 5.87. The second-order valence-electron chi connectivity index (χ2n) is 4.96. The molecule has 0 aliphatic heterocycles. The molecule has 13 heavy (non-hydrogen) atoms. The summed E-state index contributed by atoms with van der Waals surface area (Å²) >= 11 is 0. The second-order valence-corrected chi connectivity index (χ2v) is 9.72. The monoisotopic (exact) mass is 202 g/mol. The van der Waals surface area contributed by atoms with Crippen molar-refractivity contribution >= 4 is 14.6 Å². The van der Waals surface area contributed by atoms with Gasteiger partial charge in [0.1, 0.15) is 12.4 Å². The first-order valence-electron chi connectivity index (χ1n) is 4.87. The molecule has 0 saturated heterocycles. The average molecular weight is 202 g/mol. The van der Waals surface area contributed by atoms with Crippen molar-refractivity contribution in [3.63, 3.8) is 0 Å². The number of hydrogen-bond donors (Lipinski definition) is 0. The van der Waals surface area contributed by atoms with E-state index in [-0.39, 0.29) is 11.1 Å². The second kappa shape index (κ2) is 4.38. The van der Waals surface area contributed by atoms with Gasteiger partial charge in [-0.25, -0.2) is 0 Å². The molecule has 0 aromatic heterocycles. The highest BCUT2D eigenvalue weighted by Gasteiger charge is 2.38. The van der Waals surface area contributed by atoms with E-state index in [4.69, 9.17) is 4.43 Å². The van der Waals surface area contributed by atoms with Gasteiger partial charge in [-0.3, -0.25) is 0 Å². The molecule has 0 unspecified atom stereocenters. The van der Waals surface area contributed by atoms with E-state index in [0.717, 1.165) is 12.7 Å². The minimum atomic E-state index is -1.74. The topological polar surface area (TPSA) is 26.3 Å². The number of rotatable bonds is 4. The molecule has 0 bridgehead atoms. The summed E-state index contributed by atoms with van der Waals surface area (Å²) in [5.74, 6) is 0. The Kier molecular flexibility index (Phi) is 4.32. The van der Waals surface area contributed by atoms with Gasteiger partial charge in [-0.2, -0.15) is 0 Å². The van der Waals surface area contributed by atoms with Gasteiger partial charge < -0.3 is 9.22 Å². The average Bonchev–Trinajstić information content (AvgIpc) is 1.98. The summed E-state index contributed by atoms with van der Waals surface area (Å²) in [7, 11) is -1.74. The maximum Gasteiger partial charge on any atom is 0.193 e. The fourth-order valence-corrected chi connectivity index (χ4v) is 2.10. The van der Waals surface area contributed by atoms with Crippen molar-refractivity contribution in [2.24, 2.45) is 0 Å². The molecule has 1 atom stereocenters. The zero-order valence-electron chi connectivity index (χ0n) is 9.68. The highest BCUT2D eigenvalue weighted by molar-refractivity contribution is 6.74. The Balaban J connectivity index is 4.40. The zero-order chi connectivity index (χ0) is 10.7. The van der Waals surface area contributed by atoms with E-state index in [1.54, 1.807) is 0 Å². The minimum absolute atomic E-state index is 0.184. The van der Waals surface area contributed by atoms with Crippen molar-refractivity contribution in [3.05, 3.63) is 0 Å². The molecule has 0 saturated carbocycles. The van der Waals surface area contributed by atoms with Crippen LogP contribution in [-0.4, -0.2) is 20.7 Å². The van der Waals surface area contributed by atoms with E-state index in [9.17, 15) is 4.79 Å². The van der Waals surface area contributed by atoms with E-state index in [0.29, 0.717) is 0 Å². The van der Waals surface area contributed by atoms with Crippen LogP contribution in [-0.2, 0) is 9.22 Å². The molecular formula is C10H22O2Si. The molecule has 0 rings (SSSR count). The predicted octanol–water partition coefficient (Wildman–Crippen LogP) is 2.99. The Morgan fingerprint density at radius 1 is 1.38 bits per heavy atom. The van der Waals surface area contributed by atoms with Crippen molar-refractivity contribution in [1.82, 2.24) is 0 Å². The van der Waals surface area contributed by atoms with Crippen molar-refractivity contribution in [2.75, 3.05) is 0 Å². The number of carbonyl (C=O) groups excluding carboxylic acids is 1. The smallest absolute Gasteiger partial charge is 0.193 e. The molecule has 0 radical (unpaired) electrons. The highest BCUT2D eigenvalue weighted by Crippen LogP contribution is 2.37. The Morgan fingerprint density at radius 3 is 2.08 bits per heavy atom. The van der Waals surface area contributed by atoms with Crippen LogP contribution in [0.2, 0.25) is 18.1 Å². The predicted molar refractivity (Wildman–Crippen MR) is 58.4 cm³/mol. The van der Waals surface area contributed by atoms with Gasteiger partial charge in [0.05, 0.1) is 0 Å². The summed E-state index contributed by atoms with van der Waals surface area (Å²) in [5, 5.41) is 0.184. The molecule has 0 spiro atoms. The molecule has 3 heteroatoms. The van der Waals surface area contributed by atoms with E-state index >= 15 is 0 Å². The molecule has 0 heterocycles. The number of hydrogen-bond acceptors (Lipinski definition) is 2. The zero-order valence-corrected chi connectivity index (χ0v) is 10.7. The van der Waals surface area contributed by atoms with Crippen molar-refractivity contribution in [1.29, 1.82) is 0 Å². The maximum absolute atomic E-state index is 10.6. The van der Waals surface area contributed by atoms with E-state index in [1.807, 2.05) is 6.92 Å². The maximum atomic E-state index is 10.6. The number of carbonyl (C=O) groups is 1. The first kappa shape index (κ1) is 12.8. The van der Waals surface area contributed by atoms with Crippen LogP contribution in [0.3, 0.4) is 0 Å². The van der Waals surface area contributed by atoms with Crippen LogP contribution in [0.4, 0.5) is 0 Å². The Morgan fingerprint density at radius 2 is 1.85 bits per heavy atom. The number of aldehydes is 1. The molecule has 78 valence electrons. The third kappa shape index (κ3) is 3.61. The van der Waals surface area contributed by atoms with Crippen molar-refractivity contribution in [2.45, 2.75) is 58.4 Å². The summed E-state index contributed by atoms with van der Waals surface area (Å²) in [5.41, 5.74) is 0. The van der Waals surface area contributed by atoms with Gasteiger partial charge in [0.2, 0.25) is 0 Å². The summed E-state index contributed by atoms with van der Waals surface area (Å²) in [6.45, 7) is 12.8. The molecule has 0 fully saturated rings. The van der Waals surface area contributed by atoms with E-state index in [2.05, 4.69) is 33.9 Å². The van der Waals surface area contributed by atoms with Crippen LogP contribution in [0.5, 0.6) is 0 Å². The van der Waals surface area contributed by atoms with Gasteiger partial charge >= 0.3 is 0 Å². The molecule has 2 nitrogen and oxygen atoms in total. The van der Waals surface area contributed by atoms with E-state index < -0.39 is 8.32 Å². The fraction of sp³-hybridized carbons (Fsp3) is 0.900. The van der Waals surface area contributed by atoms with Gasteiger partial charge in [-0.15, -0.1) is 0 Å². The first-order chi connectivity index (χ1) is 5.74. The van der Waals surface area contributed by atoms with Gasteiger partial charge in [-0.05, 0) is 24.6 Å². The lowest BCUT2D eigenvalue weighted by molar-refractivity contribution is -0.114. The van der Waals surface area contributed by atoms with Gasteiger partial charge in [0.25, 0.3) is 0 Å². The highest BCUT2D eigenvalue weighted by atomic mass is 28.4. The molecule has 0 aliphatic carbocycles.